The molecule has 0 aliphatic heterocycles. The SMILES string of the molecule is Cc1cccc(CCC(=O)NCCn2nc(C)cc2C)c1. The molecule has 4 heteroatoms. The average molecular weight is 285 g/mol. The van der Waals surface area contributed by atoms with Gasteiger partial charge in [0.1, 0.15) is 0 Å². The van der Waals surface area contributed by atoms with E-state index in [0.29, 0.717) is 13.0 Å². The molecule has 0 bridgehead atoms. The van der Waals surface area contributed by atoms with Crippen LogP contribution < -0.4 is 5.32 Å². The fourth-order valence-corrected chi connectivity index (χ4v) is 2.42. The molecule has 0 saturated heterocycles. The highest BCUT2D eigenvalue weighted by molar-refractivity contribution is 5.76. The maximum atomic E-state index is 11.8. The van der Waals surface area contributed by atoms with Crippen molar-refractivity contribution in [1.82, 2.24) is 15.1 Å². The van der Waals surface area contributed by atoms with Gasteiger partial charge in [-0.05, 0) is 38.8 Å². The lowest BCUT2D eigenvalue weighted by Crippen LogP contribution is -2.28. The van der Waals surface area contributed by atoms with Gasteiger partial charge in [0.05, 0.1) is 12.2 Å². The molecule has 0 radical (unpaired) electrons. The molecule has 2 rings (SSSR count). The van der Waals surface area contributed by atoms with Crippen LogP contribution in [-0.2, 0) is 17.8 Å². The predicted octanol–water partition coefficient (Wildman–Crippen LogP) is 2.56. The number of carbonyl (C=O) groups is 1. The Balaban J connectivity index is 1.71. The Hall–Kier alpha value is -2.10. The summed E-state index contributed by atoms with van der Waals surface area (Å²) in [6, 6.07) is 10.3. The van der Waals surface area contributed by atoms with Crippen LogP contribution in [0, 0.1) is 20.8 Å². The lowest BCUT2D eigenvalue weighted by atomic mass is 10.1. The molecule has 112 valence electrons. The van der Waals surface area contributed by atoms with E-state index in [1.807, 2.05) is 30.7 Å². The molecule has 0 aliphatic rings. The van der Waals surface area contributed by atoms with E-state index in [2.05, 4.69) is 35.5 Å². The van der Waals surface area contributed by atoms with Gasteiger partial charge in [0.25, 0.3) is 0 Å². The second-order valence-corrected chi connectivity index (χ2v) is 5.49. The van der Waals surface area contributed by atoms with Crippen LogP contribution in [-0.4, -0.2) is 22.2 Å². The molecule has 2 aromatic rings. The van der Waals surface area contributed by atoms with Crippen LogP contribution in [0.15, 0.2) is 30.3 Å². The highest BCUT2D eigenvalue weighted by Gasteiger charge is 2.04. The van der Waals surface area contributed by atoms with Gasteiger partial charge in [0.2, 0.25) is 5.91 Å². The van der Waals surface area contributed by atoms with Crippen molar-refractivity contribution in [2.45, 2.75) is 40.2 Å². The summed E-state index contributed by atoms with van der Waals surface area (Å²) in [6.45, 7) is 7.41. The normalized spacial score (nSPS) is 10.6. The number of carbonyl (C=O) groups excluding carboxylic acids is 1. The van der Waals surface area contributed by atoms with Gasteiger partial charge >= 0.3 is 0 Å². The summed E-state index contributed by atoms with van der Waals surface area (Å²) in [5.41, 5.74) is 4.58. The van der Waals surface area contributed by atoms with Crippen molar-refractivity contribution in [1.29, 1.82) is 0 Å². The van der Waals surface area contributed by atoms with Gasteiger partial charge in [-0.3, -0.25) is 9.48 Å². The van der Waals surface area contributed by atoms with Crippen molar-refractivity contribution < 1.29 is 4.79 Å². The van der Waals surface area contributed by atoms with Crippen LogP contribution in [0.1, 0.15) is 28.9 Å². The summed E-state index contributed by atoms with van der Waals surface area (Å²) < 4.78 is 1.93. The minimum absolute atomic E-state index is 0.0954. The minimum atomic E-state index is 0.0954. The third kappa shape index (κ3) is 4.74. The Morgan fingerprint density at radius 3 is 2.71 bits per heavy atom. The topological polar surface area (TPSA) is 46.9 Å². The highest BCUT2D eigenvalue weighted by atomic mass is 16.1. The molecular formula is C17H23N3O. The van der Waals surface area contributed by atoms with E-state index < -0.39 is 0 Å². The molecular weight excluding hydrogens is 262 g/mol. The molecule has 21 heavy (non-hydrogen) atoms. The smallest absolute Gasteiger partial charge is 0.220 e. The Bertz CT molecular complexity index is 616. The van der Waals surface area contributed by atoms with Gasteiger partial charge in [0.15, 0.2) is 0 Å². The molecule has 0 unspecified atom stereocenters. The van der Waals surface area contributed by atoms with Gasteiger partial charge in [-0.2, -0.15) is 5.10 Å². The van der Waals surface area contributed by atoms with Gasteiger partial charge < -0.3 is 5.32 Å². The predicted molar refractivity (Wildman–Crippen MR) is 84.2 cm³/mol. The molecule has 0 fully saturated rings. The average Bonchev–Trinajstić information content (AvgIpc) is 2.75. The number of rotatable bonds is 6. The molecule has 4 nitrogen and oxygen atoms in total. The summed E-state index contributed by atoms with van der Waals surface area (Å²) in [5.74, 6) is 0.0954. The number of amides is 1. The van der Waals surface area contributed by atoms with Gasteiger partial charge in [0, 0.05) is 18.7 Å². The lowest BCUT2D eigenvalue weighted by Gasteiger charge is -2.07. The Kier molecular flexibility index (Phi) is 5.14. The first-order chi connectivity index (χ1) is 10.0. The van der Waals surface area contributed by atoms with Gasteiger partial charge in [-0.25, -0.2) is 0 Å². The fourth-order valence-electron chi connectivity index (χ4n) is 2.42. The quantitative estimate of drug-likeness (QED) is 0.886. The van der Waals surface area contributed by atoms with Crippen molar-refractivity contribution in [3.63, 3.8) is 0 Å². The number of aryl methyl sites for hydroxylation is 4. The Labute approximate surface area is 126 Å². The molecule has 0 atom stereocenters. The largest absolute Gasteiger partial charge is 0.354 e. The van der Waals surface area contributed by atoms with Crippen LogP contribution in [0.3, 0.4) is 0 Å². The maximum Gasteiger partial charge on any atom is 0.220 e. The van der Waals surface area contributed by atoms with Crippen molar-refractivity contribution in [2.75, 3.05) is 6.54 Å². The van der Waals surface area contributed by atoms with E-state index in [1.165, 1.54) is 11.1 Å². The van der Waals surface area contributed by atoms with Crippen LogP contribution in [0.4, 0.5) is 0 Å². The summed E-state index contributed by atoms with van der Waals surface area (Å²) in [7, 11) is 0. The van der Waals surface area contributed by atoms with Gasteiger partial charge in [-0.1, -0.05) is 29.8 Å². The van der Waals surface area contributed by atoms with Crippen molar-refractivity contribution in [3.8, 4) is 0 Å². The van der Waals surface area contributed by atoms with Crippen LogP contribution in [0.2, 0.25) is 0 Å². The van der Waals surface area contributed by atoms with Crippen molar-refractivity contribution in [3.05, 3.63) is 52.8 Å². The molecule has 0 saturated carbocycles. The number of hydrogen-bond acceptors (Lipinski definition) is 2. The van der Waals surface area contributed by atoms with E-state index in [4.69, 9.17) is 0 Å². The molecule has 1 aromatic heterocycles. The summed E-state index contributed by atoms with van der Waals surface area (Å²) in [6.07, 6.45) is 1.31. The zero-order valence-corrected chi connectivity index (χ0v) is 13.0. The molecule has 1 heterocycles. The number of aromatic nitrogens is 2. The maximum absolute atomic E-state index is 11.8. The third-order valence-corrected chi connectivity index (χ3v) is 3.47. The molecule has 1 amide bonds. The number of hydrogen-bond donors (Lipinski definition) is 1. The van der Waals surface area contributed by atoms with Gasteiger partial charge in [-0.15, -0.1) is 0 Å². The highest BCUT2D eigenvalue weighted by Crippen LogP contribution is 2.06. The minimum Gasteiger partial charge on any atom is -0.354 e. The van der Waals surface area contributed by atoms with Crippen molar-refractivity contribution >= 4 is 5.91 Å². The van der Waals surface area contributed by atoms with E-state index in [1.54, 1.807) is 0 Å². The van der Waals surface area contributed by atoms with Crippen LogP contribution >= 0.6 is 0 Å². The summed E-state index contributed by atoms with van der Waals surface area (Å²) in [5, 5.41) is 7.33. The van der Waals surface area contributed by atoms with E-state index >= 15 is 0 Å². The monoisotopic (exact) mass is 285 g/mol. The molecule has 0 spiro atoms. The first kappa shape index (κ1) is 15.3. The van der Waals surface area contributed by atoms with E-state index in [-0.39, 0.29) is 5.91 Å². The molecule has 0 aliphatic carbocycles. The Morgan fingerprint density at radius 1 is 1.24 bits per heavy atom. The zero-order valence-electron chi connectivity index (χ0n) is 13.0. The van der Waals surface area contributed by atoms with E-state index in [0.717, 1.165) is 24.4 Å². The second kappa shape index (κ2) is 7.07. The zero-order chi connectivity index (χ0) is 15.2. The summed E-state index contributed by atoms with van der Waals surface area (Å²) in [4.78, 5) is 11.8. The number of nitrogens with zero attached hydrogens (tertiary/aromatic N) is 2. The lowest BCUT2D eigenvalue weighted by molar-refractivity contribution is -0.121. The number of benzene rings is 1. The second-order valence-electron chi connectivity index (χ2n) is 5.49. The third-order valence-electron chi connectivity index (χ3n) is 3.47. The van der Waals surface area contributed by atoms with Crippen LogP contribution in [0.5, 0.6) is 0 Å². The first-order valence-electron chi connectivity index (χ1n) is 7.38. The van der Waals surface area contributed by atoms with E-state index in [9.17, 15) is 4.79 Å². The molecule has 1 aromatic carbocycles. The number of nitrogens with one attached hydrogen (secondary N) is 1. The van der Waals surface area contributed by atoms with Crippen molar-refractivity contribution in [2.24, 2.45) is 0 Å². The summed E-state index contributed by atoms with van der Waals surface area (Å²) >= 11 is 0. The van der Waals surface area contributed by atoms with Crippen LogP contribution in [0.25, 0.3) is 0 Å². The first-order valence-corrected chi connectivity index (χ1v) is 7.38. The fraction of sp³-hybridized carbons (Fsp3) is 0.412. The molecule has 1 N–H and O–H groups in total. The standard InChI is InChI=1S/C17H23N3O/c1-13-5-4-6-16(11-13)7-8-17(21)18-9-10-20-15(3)12-14(2)19-20/h4-6,11-12H,7-10H2,1-3H3,(H,18,21). The Morgan fingerprint density at radius 2 is 2.05 bits per heavy atom.